The van der Waals surface area contributed by atoms with Crippen molar-refractivity contribution >= 4 is 11.6 Å². The zero-order valence-electron chi connectivity index (χ0n) is 15.9. The van der Waals surface area contributed by atoms with E-state index < -0.39 is 5.66 Å². The topological polar surface area (TPSA) is 41.6 Å². The average molecular weight is 352 g/mol. The molecule has 1 aliphatic rings. The van der Waals surface area contributed by atoms with Crippen LogP contribution in [0.25, 0.3) is 0 Å². The Balaban J connectivity index is 2.02. The highest BCUT2D eigenvalue weighted by Gasteiger charge is 2.42. The number of anilines is 1. The molecule has 0 aromatic heterocycles. The fourth-order valence-electron chi connectivity index (χ4n) is 3.43. The smallest absolute Gasteiger partial charge is 0.258 e. The molecule has 1 unspecified atom stereocenters. The van der Waals surface area contributed by atoms with Crippen LogP contribution in [0.1, 0.15) is 56.0 Å². The summed E-state index contributed by atoms with van der Waals surface area (Å²) in [4.78, 5) is 15.2. The number of benzene rings is 2. The maximum atomic E-state index is 13.2. The van der Waals surface area contributed by atoms with Crippen molar-refractivity contribution in [3.05, 3.63) is 59.7 Å². The number of rotatable bonds is 7. The van der Waals surface area contributed by atoms with Crippen LogP contribution in [-0.4, -0.2) is 24.0 Å². The number of nitrogens with one attached hydrogen (secondary N) is 1. The van der Waals surface area contributed by atoms with Crippen molar-refractivity contribution < 1.29 is 9.53 Å². The molecule has 2 aromatic carbocycles. The van der Waals surface area contributed by atoms with E-state index in [1.807, 2.05) is 47.4 Å². The Hall–Kier alpha value is -2.49. The molecular weight excluding hydrogens is 324 g/mol. The number of ether oxygens (including phenoxy) is 1. The lowest BCUT2D eigenvalue weighted by molar-refractivity contribution is 0.0530. The van der Waals surface area contributed by atoms with Gasteiger partial charge in [0, 0.05) is 17.8 Å². The van der Waals surface area contributed by atoms with Crippen LogP contribution in [0.2, 0.25) is 0 Å². The van der Waals surface area contributed by atoms with E-state index in [2.05, 4.69) is 32.2 Å². The monoisotopic (exact) mass is 352 g/mol. The summed E-state index contributed by atoms with van der Waals surface area (Å²) in [5.74, 6) is 0.921. The second kappa shape index (κ2) is 7.81. The molecule has 4 nitrogen and oxygen atoms in total. The predicted molar refractivity (Wildman–Crippen MR) is 106 cm³/mol. The van der Waals surface area contributed by atoms with Crippen LogP contribution in [0.3, 0.4) is 0 Å². The molecule has 0 radical (unpaired) electrons. The first-order valence-electron chi connectivity index (χ1n) is 9.52. The lowest BCUT2D eigenvalue weighted by atomic mass is 9.93. The van der Waals surface area contributed by atoms with Crippen LogP contribution in [0.15, 0.2) is 48.5 Å². The maximum absolute atomic E-state index is 13.2. The van der Waals surface area contributed by atoms with Crippen LogP contribution in [0.5, 0.6) is 5.75 Å². The molecule has 0 bridgehead atoms. The van der Waals surface area contributed by atoms with Crippen molar-refractivity contribution in [3.63, 3.8) is 0 Å². The SMILES string of the molecule is CCCCN1C(=O)c2ccccc2NC1(C)c1cccc(OCCC)c1. The Bertz CT molecular complexity index is 774. The summed E-state index contributed by atoms with van der Waals surface area (Å²) < 4.78 is 5.81. The number of unbranched alkanes of at least 4 members (excludes halogenated alkanes) is 1. The highest BCUT2D eigenvalue weighted by Crippen LogP contribution is 2.38. The van der Waals surface area contributed by atoms with Gasteiger partial charge in [-0.25, -0.2) is 0 Å². The van der Waals surface area contributed by atoms with E-state index in [0.717, 1.165) is 41.8 Å². The second-order valence-electron chi connectivity index (χ2n) is 6.93. The number of carbonyl (C=O) groups excluding carboxylic acids is 1. The van der Waals surface area contributed by atoms with Gasteiger partial charge in [-0.2, -0.15) is 0 Å². The number of amides is 1. The molecule has 0 saturated heterocycles. The third kappa shape index (κ3) is 3.41. The third-order valence-corrected chi connectivity index (χ3v) is 4.92. The Kier molecular flexibility index (Phi) is 5.50. The molecule has 0 saturated carbocycles. The number of hydrogen-bond acceptors (Lipinski definition) is 3. The van der Waals surface area contributed by atoms with Gasteiger partial charge in [0.2, 0.25) is 0 Å². The number of hydrogen-bond donors (Lipinski definition) is 1. The first-order valence-corrected chi connectivity index (χ1v) is 9.52. The van der Waals surface area contributed by atoms with Gasteiger partial charge in [0.25, 0.3) is 5.91 Å². The zero-order chi connectivity index (χ0) is 18.6. The predicted octanol–water partition coefficient (Wildman–Crippen LogP) is 5.02. The van der Waals surface area contributed by atoms with Gasteiger partial charge in [0.15, 0.2) is 0 Å². The summed E-state index contributed by atoms with van der Waals surface area (Å²) in [7, 11) is 0. The van der Waals surface area contributed by atoms with Gasteiger partial charge in [-0.3, -0.25) is 4.79 Å². The van der Waals surface area contributed by atoms with Gasteiger partial charge >= 0.3 is 0 Å². The van der Waals surface area contributed by atoms with E-state index in [4.69, 9.17) is 4.74 Å². The highest BCUT2D eigenvalue weighted by molar-refractivity contribution is 6.02. The minimum Gasteiger partial charge on any atom is -0.494 e. The molecule has 138 valence electrons. The number of fused-ring (bicyclic) bond motifs is 1. The maximum Gasteiger partial charge on any atom is 0.258 e. The van der Waals surface area contributed by atoms with E-state index >= 15 is 0 Å². The molecule has 4 heteroatoms. The van der Waals surface area contributed by atoms with Crippen molar-refractivity contribution in [1.29, 1.82) is 0 Å². The Labute approximate surface area is 156 Å². The second-order valence-corrected chi connectivity index (χ2v) is 6.93. The number of carbonyl (C=O) groups is 1. The van der Waals surface area contributed by atoms with Crippen LogP contribution < -0.4 is 10.1 Å². The zero-order valence-corrected chi connectivity index (χ0v) is 15.9. The lowest BCUT2D eigenvalue weighted by Crippen LogP contribution is -2.56. The number of para-hydroxylation sites is 1. The van der Waals surface area contributed by atoms with Crippen molar-refractivity contribution in [2.45, 2.75) is 45.7 Å². The quantitative estimate of drug-likeness (QED) is 0.761. The van der Waals surface area contributed by atoms with Crippen LogP contribution in [0, 0.1) is 0 Å². The van der Waals surface area contributed by atoms with Crippen molar-refractivity contribution in [3.8, 4) is 5.75 Å². The Morgan fingerprint density at radius 1 is 1.08 bits per heavy atom. The van der Waals surface area contributed by atoms with Gasteiger partial charge in [0.1, 0.15) is 11.4 Å². The van der Waals surface area contributed by atoms with Crippen LogP contribution in [-0.2, 0) is 5.66 Å². The molecule has 0 aliphatic carbocycles. The summed E-state index contributed by atoms with van der Waals surface area (Å²) in [5, 5.41) is 3.61. The standard InChI is InChI=1S/C22H28N2O2/c1-4-6-14-24-21(25)19-12-7-8-13-20(19)23-22(24,3)17-10-9-11-18(16-17)26-15-5-2/h7-13,16,23H,4-6,14-15H2,1-3H3. The molecule has 2 aromatic rings. The van der Waals surface area contributed by atoms with Gasteiger partial charge < -0.3 is 15.0 Å². The van der Waals surface area contributed by atoms with E-state index in [9.17, 15) is 4.79 Å². The fourth-order valence-corrected chi connectivity index (χ4v) is 3.43. The van der Waals surface area contributed by atoms with Crippen molar-refractivity contribution in [2.75, 3.05) is 18.5 Å². The first kappa shape index (κ1) is 18.3. The summed E-state index contributed by atoms with van der Waals surface area (Å²) in [6.07, 6.45) is 2.98. The molecule has 0 fully saturated rings. The van der Waals surface area contributed by atoms with Crippen LogP contribution >= 0.6 is 0 Å². The molecular formula is C22H28N2O2. The molecule has 1 N–H and O–H groups in total. The van der Waals surface area contributed by atoms with Crippen molar-refractivity contribution in [1.82, 2.24) is 4.90 Å². The van der Waals surface area contributed by atoms with E-state index in [0.29, 0.717) is 13.2 Å². The molecule has 0 spiro atoms. The summed E-state index contributed by atoms with van der Waals surface area (Å²) in [6, 6.07) is 15.8. The van der Waals surface area contributed by atoms with Gasteiger partial charge in [-0.15, -0.1) is 0 Å². The van der Waals surface area contributed by atoms with Gasteiger partial charge in [0.05, 0.1) is 12.2 Å². The van der Waals surface area contributed by atoms with E-state index in [1.165, 1.54) is 0 Å². The van der Waals surface area contributed by atoms with E-state index in [1.54, 1.807) is 0 Å². The van der Waals surface area contributed by atoms with E-state index in [-0.39, 0.29) is 5.91 Å². The molecule has 1 atom stereocenters. The summed E-state index contributed by atoms with van der Waals surface area (Å²) in [5.41, 5.74) is 2.05. The van der Waals surface area contributed by atoms with Crippen LogP contribution in [0.4, 0.5) is 5.69 Å². The normalized spacial score (nSPS) is 19.0. The largest absolute Gasteiger partial charge is 0.494 e. The Morgan fingerprint density at radius 3 is 2.65 bits per heavy atom. The average Bonchev–Trinajstić information content (AvgIpc) is 2.66. The number of nitrogens with zero attached hydrogens (tertiary/aromatic N) is 1. The fraction of sp³-hybridized carbons (Fsp3) is 0.409. The van der Waals surface area contributed by atoms with Crippen molar-refractivity contribution in [2.24, 2.45) is 0 Å². The summed E-state index contributed by atoms with van der Waals surface area (Å²) in [6.45, 7) is 7.72. The van der Waals surface area contributed by atoms with Gasteiger partial charge in [-0.05, 0) is 44.0 Å². The summed E-state index contributed by atoms with van der Waals surface area (Å²) >= 11 is 0. The molecule has 3 rings (SSSR count). The molecule has 1 heterocycles. The molecule has 1 aliphatic heterocycles. The first-order chi connectivity index (χ1) is 12.6. The molecule has 1 amide bonds. The third-order valence-electron chi connectivity index (χ3n) is 4.92. The Morgan fingerprint density at radius 2 is 1.88 bits per heavy atom. The van der Waals surface area contributed by atoms with Gasteiger partial charge in [-0.1, -0.05) is 44.5 Å². The molecule has 26 heavy (non-hydrogen) atoms. The highest BCUT2D eigenvalue weighted by atomic mass is 16.5. The minimum absolute atomic E-state index is 0.0789. The lowest BCUT2D eigenvalue weighted by Gasteiger charge is -2.47. The minimum atomic E-state index is -0.605.